The van der Waals surface area contributed by atoms with Crippen molar-refractivity contribution in [2.24, 2.45) is 0 Å². The van der Waals surface area contributed by atoms with Gasteiger partial charge in [-0.05, 0) is 13.0 Å². The molecule has 0 bridgehead atoms. The van der Waals surface area contributed by atoms with Gasteiger partial charge in [-0.2, -0.15) is 0 Å². The molecule has 1 heterocycles. The van der Waals surface area contributed by atoms with Crippen molar-refractivity contribution in [1.82, 2.24) is 9.71 Å². The molecule has 1 aromatic rings. The molecule has 0 aliphatic carbocycles. The highest BCUT2D eigenvalue weighted by Crippen LogP contribution is 2.10. The standard InChI is InChI=1S/C9H14N2O5S/c1-2-16-4-3-11-17(14,15)7-5-8(9(12)13)10-6-7/h5-6,10-11H,2-4H2,1H3,(H,12,13). The smallest absolute Gasteiger partial charge is 0.352 e. The Labute approximate surface area is 98.8 Å². The molecule has 0 aliphatic heterocycles. The van der Waals surface area contributed by atoms with Crippen LogP contribution >= 0.6 is 0 Å². The van der Waals surface area contributed by atoms with Crippen molar-refractivity contribution in [2.75, 3.05) is 19.8 Å². The number of hydrogen-bond acceptors (Lipinski definition) is 4. The molecule has 0 aliphatic rings. The summed E-state index contributed by atoms with van der Waals surface area (Å²) in [7, 11) is -3.68. The number of carbonyl (C=O) groups is 1. The number of carboxylic acids is 1. The van der Waals surface area contributed by atoms with Crippen molar-refractivity contribution in [3.63, 3.8) is 0 Å². The molecule has 0 spiro atoms. The van der Waals surface area contributed by atoms with Crippen molar-refractivity contribution >= 4 is 16.0 Å². The minimum absolute atomic E-state index is 0.105. The molecule has 3 N–H and O–H groups in total. The first-order chi connectivity index (χ1) is 7.97. The number of ether oxygens (including phenoxy) is 1. The van der Waals surface area contributed by atoms with Gasteiger partial charge in [-0.25, -0.2) is 17.9 Å². The van der Waals surface area contributed by atoms with Gasteiger partial charge in [0.05, 0.1) is 6.61 Å². The number of hydrogen-bond donors (Lipinski definition) is 3. The van der Waals surface area contributed by atoms with Gasteiger partial charge < -0.3 is 14.8 Å². The molecule has 0 aromatic carbocycles. The van der Waals surface area contributed by atoms with Crippen LogP contribution in [0.1, 0.15) is 17.4 Å². The third kappa shape index (κ3) is 3.84. The van der Waals surface area contributed by atoms with E-state index in [1.165, 1.54) is 0 Å². The summed E-state index contributed by atoms with van der Waals surface area (Å²) in [5.74, 6) is -1.21. The molecule has 96 valence electrons. The fraction of sp³-hybridized carbons (Fsp3) is 0.444. The third-order valence-electron chi connectivity index (χ3n) is 1.94. The lowest BCUT2D eigenvalue weighted by molar-refractivity contribution is 0.0691. The van der Waals surface area contributed by atoms with Gasteiger partial charge in [0.2, 0.25) is 10.0 Å². The molecule has 1 rings (SSSR count). The van der Waals surface area contributed by atoms with Gasteiger partial charge >= 0.3 is 5.97 Å². The van der Waals surface area contributed by atoms with Gasteiger partial charge in [0, 0.05) is 19.3 Å². The SMILES string of the molecule is CCOCCNS(=O)(=O)c1c[nH]c(C(=O)O)c1. The van der Waals surface area contributed by atoms with Crippen LogP contribution in [0.3, 0.4) is 0 Å². The van der Waals surface area contributed by atoms with Gasteiger partial charge in [0.25, 0.3) is 0 Å². The topological polar surface area (TPSA) is 108 Å². The highest BCUT2D eigenvalue weighted by molar-refractivity contribution is 7.89. The zero-order valence-electron chi connectivity index (χ0n) is 9.26. The van der Waals surface area contributed by atoms with Crippen molar-refractivity contribution in [3.05, 3.63) is 18.0 Å². The Morgan fingerprint density at radius 1 is 1.59 bits per heavy atom. The molecule has 0 radical (unpaired) electrons. The second-order valence-electron chi connectivity index (χ2n) is 3.15. The maximum Gasteiger partial charge on any atom is 0.352 e. The van der Waals surface area contributed by atoms with E-state index in [0.29, 0.717) is 6.61 Å². The van der Waals surface area contributed by atoms with E-state index in [2.05, 4.69) is 9.71 Å². The van der Waals surface area contributed by atoms with Crippen LogP contribution in [0, 0.1) is 0 Å². The van der Waals surface area contributed by atoms with Crippen LogP contribution in [0.4, 0.5) is 0 Å². The van der Waals surface area contributed by atoms with Crippen LogP contribution in [0.5, 0.6) is 0 Å². The van der Waals surface area contributed by atoms with Crippen LogP contribution in [-0.4, -0.2) is 44.2 Å². The van der Waals surface area contributed by atoms with E-state index in [1.54, 1.807) is 6.92 Å². The average molecular weight is 262 g/mol. The fourth-order valence-electron chi connectivity index (χ4n) is 1.13. The lowest BCUT2D eigenvalue weighted by Crippen LogP contribution is -2.27. The van der Waals surface area contributed by atoms with Gasteiger partial charge in [-0.15, -0.1) is 0 Å². The first-order valence-corrected chi connectivity index (χ1v) is 6.45. The normalized spacial score (nSPS) is 11.6. The van der Waals surface area contributed by atoms with Gasteiger partial charge in [0.15, 0.2) is 0 Å². The highest BCUT2D eigenvalue weighted by Gasteiger charge is 2.17. The van der Waals surface area contributed by atoms with E-state index >= 15 is 0 Å². The average Bonchev–Trinajstić information content (AvgIpc) is 2.74. The number of aromatic carboxylic acids is 1. The number of aromatic amines is 1. The lowest BCUT2D eigenvalue weighted by Gasteiger charge is -2.04. The van der Waals surface area contributed by atoms with Crippen molar-refractivity contribution in [1.29, 1.82) is 0 Å². The first kappa shape index (κ1) is 13.7. The van der Waals surface area contributed by atoms with E-state index in [1.807, 2.05) is 0 Å². The highest BCUT2D eigenvalue weighted by atomic mass is 32.2. The number of H-pyrrole nitrogens is 1. The molecule has 0 atom stereocenters. The van der Waals surface area contributed by atoms with Crippen molar-refractivity contribution in [3.8, 4) is 0 Å². The van der Waals surface area contributed by atoms with Crippen LogP contribution in [0.2, 0.25) is 0 Å². The third-order valence-corrected chi connectivity index (χ3v) is 3.38. The minimum Gasteiger partial charge on any atom is -0.477 e. The summed E-state index contributed by atoms with van der Waals surface area (Å²) in [4.78, 5) is 12.8. The molecule has 0 saturated carbocycles. The molecule has 1 aromatic heterocycles. The number of carboxylic acid groups (broad SMARTS) is 1. The van der Waals surface area contributed by atoms with Gasteiger partial charge in [0.1, 0.15) is 10.6 Å². The summed E-state index contributed by atoms with van der Waals surface area (Å²) in [5, 5.41) is 8.64. The number of rotatable bonds is 7. The zero-order valence-corrected chi connectivity index (χ0v) is 10.1. The number of nitrogens with one attached hydrogen (secondary N) is 2. The number of sulfonamides is 1. The maximum atomic E-state index is 11.7. The van der Waals surface area contributed by atoms with Crippen LogP contribution in [-0.2, 0) is 14.8 Å². The Balaban J connectivity index is 2.66. The summed E-state index contributed by atoms with van der Waals surface area (Å²) in [6.07, 6.45) is 1.13. The summed E-state index contributed by atoms with van der Waals surface area (Å²) in [5.41, 5.74) is -0.171. The summed E-state index contributed by atoms with van der Waals surface area (Å²) in [6, 6.07) is 1.06. The molecule has 0 fully saturated rings. The van der Waals surface area contributed by atoms with E-state index in [4.69, 9.17) is 9.84 Å². The fourth-order valence-corrected chi connectivity index (χ4v) is 2.13. The maximum absolute atomic E-state index is 11.7. The molecular formula is C9H14N2O5S. The molecule has 17 heavy (non-hydrogen) atoms. The van der Waals surface area contributed by atoms with Crippen LogP contribution < -0.4 is 4.72 Å². The van der Waals surface area contributed by atoms with Gasteiger partial charge in [-0.3, -0.25) is 0 Å². The lowest BCUT2D eigenvalue weighted by atomic mass is 10.4. The Bertz CT molecular complexity index is 479. The first-order valence-electron chi connectivity index (χ1n) is 4.96. The minimum atomic E-state index is -3.68. The molecule has 0 unspecified atom stereocenters. The Kier molecular flexibility index (Phi) is 4.67. The van der Waals surface area contributed by atoms with E-state index < -0.39 is 16.0 Å². The predicted octanol–water partition coefficient (Wildman–Crippen LogP) is 0.0277. The van der Waals surface area contributed by atoms with Crippen molar-refractivity contribution < 1.29 is 23.1 Å². The summed E-state index contributed by atoms with van der Waals surface area (Å²) in [6.45, 7) is 2.73. The van der Waals surface area contributed by atoms with Crippen LogP contribution in [0.25, 0.3) is 0 Å². The van der Waals surface area contributed by atoms with E-state index in [9.17, 15) is 13.2 Å². The molecule has 0 amide bonds. The largest absolute Gasteiger partial charge is 0.477 e. The summed E-state index contributed by atoms with van der Waals surface area (Å²) < 4.78 is 30.6. The second-order valence-corrected chi connectivity index (χ2v) is 4.92. The van der Waals surface area contributed by atoms with Gasteiger partial charge in [-0.1, -0.05) is 0 Å². The second kappa shape index (κ2) is 5.80. The Morgan fingerprint density at radius 2 is 2.29 bits per heavy atom. The zero-order chi connectivity index (χ0) is 12.9. The monoisotopic (exact) mass is 262 g/mol. The summed E-state index contributed by atoms with van der Waals surface area (Å²) >= 11 is 0. The van der Waals surface area contributed by atoms with Crippen LogP contribution in [0.15, 0.2) is 17.2 Å². The Morgan fingerprint density at radius 3 is 2.82 bits per heavy atom. The molecule has 0 saturated heterocycles. The Hall–Kier alpha value is -1.38. The van der Waals surface area contributed by atoms with E-state index in [0.717, 1.165) is 12.3 Å². The molecular weight excluding hydrogens is 248 g/mol. The number of aromatic nitrogens is 1. The molecule has 7 nitrogen and oxygen atoms in total. The quantitative estimate of drug-likeness (QED) is 0.601. The van der Waals surface area contributed by atoms with Crippen molar-refractivity contribution in [2.45, 2.75) is 11.8 Å². The van der Waals surface area contributed by atoms with E-state index in [-0.39, 0.29) is 23.7 Å². The molecule has 8 heteroatoms. The predicted molar refractivity (Wildman–Crippen MR) is 59.4 cm³/mol.